The summed E-state index contributed by atoms with van der Waals surface area (Å²) in [6.07, 6.45) is 6.04. The van der Waals surface area contributed by atoms with Crippen LogP contribution in [0.4, 0.5) is 4.39 Å². The monoisotopic (exact) mass is 399 g/mol. The minimum atomic E-state index is -0.235. The molecule has 5 nitrogen and oxygen atoms in total. The smallest absolute Gasteiger partial charge is 0.225 e. The first-order valence-electron chi connectivity index (χ1n) is 10.6. The van der Waals surface area contributed by atoms with Crippen molar-refractivity contribution >= 4 is 5.91 Å². The van der Waals surface area contributed by atoms with Gasteiger partial charge >= 0.3 is 0 Å². The van der Waals surface area contributed by atoms with Crippen molar-refractivity contribution in [2.45, 2.75) is 44.4 Å². The fourth-order valence-corrected chi connectivity index (χ4v) is 4.42. The number of aromatic nitrogens is 1. The van der Waals surface area contributed by atoms with E-state index in [0.29, 0.717) is 12.3 Å². The zero-order valence-corrected chi connectivity index (χ0v) is 17.4. The van der Waals surface area contributed by atoms with Crippen LogP contribution < -0.4 is 0 Å². The molecule has 2 fully saturated rings. The number of hydrogen-bond donors (Lipinski definition) is 0. The van der Waals surface area contributed by atoms with Crippen molar-refractivity contribution in [3.05, 3.63) is 53.5 Å². The Balaban J connectivity index is 1.35. The van der Waals surface area contributed by atoms with E-state index < -0.39 is 0 Å². The topological polar surface area (TPSA) is 49.6 Å². The lowest BCUT2D eigenvalue weighted by Gasteiger charge is -2.39. The van der Waals surface area contributed by atoms with E-state index >= 15 is 0 Å². The van der Waals surface area contributed by atoms with Crippen LogP contribution in [0.15, 0.2) is 34.9 Å². The van der Waals surface area contributed by atoms with Crippen molar-refractivity contribution < 1.29 is 13.6 Å². The maximum atomic E-state index is 13.1. The molecule has 3 heterocycles. The molecule has 6 heteroatoms. The lowest BCUT2D eigenvalue weighted by Crippen LogP contribution is -2.47. The summed E-state index contributed by atoms with van der Waals surface area (Å²) in [7, 11) is 2.12. The summed E-state index contributed by atoms with van der Waals surface area (Å²) in [5, 5.41) is 0. The molecule has 0 atom stereocenters. The van der Waals surface area contributed by atoms with Gasteiger partial charge in [0, 0.05) is 30.8 Å². The molecule has 4 rings (SSSR count). The second-order valence-corrected chi connectivity index (χ2v) is 8.90. The zero-order valence-electron chi connectivity index (χ0n) is 17.4. The minimum absolute atomic E-state index is 0.148. The van der Waals surface area contributed by atoms with Gasteiger partial charge < -0.3 is 14.2 Å². The molecule has 1 aromatic heterocycles. The number of piperidine rings is 2. The molecule has 0 unspecified atom stereocenters. The number of oxazole rings is 1. The molecule has 2 aliphatic rings. The number of nitrogens with zero attached hydrogens (tertiary/aromatic N) is 3. The number of carbonyl (C=O) groups is 1. The van der Waals surface area contributed by atoms with E-state index in [4.69, 9.17) is 4.42 Å². The predicted octanol–water partition coefficient (Wildman–Crippen LogP) is 3.63. The standard InChI is InChI=1S/C23H30FN3O2/c1-23(22-25-16-20(29-22)15-17-3-5-19(24)6-4-17)9-13-27(14-10-23)21(28)18-7-11-26(2)12-8-18/h3-6,16,18H,7-15H2,1-2H3. The van der Waals surface area contributed by atoms with Gasteiger partial charge in [0.1, 0.15) is 11.6 Å². The van der Waals surface area contributed by atoms with E-state index in [-0.39, 0.29) is 17.2 Å². The van der Waals surface area contributed by atoms with Gasteiger partial charge in [0.25, 0.3) is 0 Å². The van der Waals surface area contributed by atoms with Gasteiger partial charge in [-0.2, -0.15) is 0 Å². The Morgan fingerprint density at radius 3 is 2.48 bits per heavy atom. The highest BCUT2D eigenvalue weighted by atomic mass is 19.1. The molecule has 0 aliphatic carbocycles. The van der Waals surface area contributed by atoms with Crippen molar-refractivity contribution in [2.75, 3.05) is 33.2 Å². The Morgan fingerprint density at radius 2 is 1.83 bits per heavy atom. The molecule has 2 saturated heterocycles. The maximum Gasteiger partial charge on any atom is 0.225 e. The number of hydrogen-bond acceptors (Lipinski definition) is 4. The molecule has 1 aromatic carbocycles. The number of likely N-dealkylation sites (tertiary alicyclic amines) is 2. The second kappa shape index (κ2) is 8.27. The average Bonchev–Trinajstić information content (AvgIpc) is 3.20. The van der Waals surface area contributed by atoms with Gasteiger partial charge in [-0.05, 0) is 63.5 Å². The third-order valence-corrected chi connectivity index (χ3v) is 6.61. The van der Waals surface area contributed by atoms with E-state index in [0.717, 1.165) is 69.1 Å². The van der Waals surface area contributed by atoms with Crippen LogP contribution >= 0.6 is 0 Å². The van der Waals surface area contributed by atoms with Crippen LogP contribution in [0.3, 0.4) is 0 Å². The molecule has 0 N–H and O–H groups in total. The fraction of sp³-hybridized carbons (Fsp3) is 0.565. The van der Waals surface area contributed by atoms with E-state index in [1.165, 1.54) is 12.1 Å². The van der Waals surface area contributed by atoms with Crippen LogP contribution in [0.2, 0.25) is 0 Å². The Hall–Kier alpha value is -2.21. The highest BCUT2D eigenvalue weighted by Crippen LogP contribution is 2.35. The highest BCUT2D eigenvalue weighted by molar-refractivity contribution is 5.79. The summed E-state index contributed by atoms with van der Waals surface area (Å²) in [6.45, 7) is 5.72. The van der Waals surface area contributed by atoms with Gasteiger partial charge in [0.2, 0.25) is 5.91 Å². The van der Waals surface area contributed by atoms with Crippen LogP contribution in [0.25, 0.3) is 0 Å². The van der Waals surface area contributed by atoms with E-state index in [1.807, 2.05) is 4.90 Å². The first-order chi connectivity index (χ1) is 13.9. The molecule has 156 valence electrons. The van der Waals surface area contributed by atoms with Gasteiger partial charge in [-0.15, -0.1) is 0 Å². The first-order valence-corrected chi connectivity index (χ1v) is 10.6. The third kappa shape index (κ3) is 4.53. The molecule has 29 heavy (non-hydrogen) atoms. The summed E-state index contributed by atoms with van der Waals surface area (Å²) >= 11 is 0. The van der Waals surface area contributed by atoms with Crippen LogP contribution in [-0.4, -0.2) is 53.9 Å². The van der Waals surface area contributed by atoms with Crippen molar-refractivity contribution in [2.24, 2.45) is 5.92 Å². The molecule has 0 bridgehead atoms. The molecular formula is C23H30FN3O2. The van der Waals surface area contributed by atoms with Gasteiger partial charge in [-0.25, -0.2) is 9.37 Å². The van der Waals surface area contributed by atoms with E-state index in [1.54, 1.807) is 18.3 Å². The molecule has 0 spiro atoms. The van der Waals surface area contributed by atoms with Crippen molar-refractivity contribution in [1.29, 1.82) is 0 Å². The van der Waals surface area contributed by atoms with E-state index in [9.17, 15) is 9.18 Å². The molecule has 0 saturated carbocycles. The molecule has 2 aromatic rings. The van der Waals surface area contributed by atoms with Crippen molar-refractivity contribution in [3.63, 3.8) is 0 Å². The van der Waals surface area contributed by atoms with Gasteiger partial charge in [-0.3, -0.25) is 4.79 Å². The number of carbonyl (C=O) groups excluding carboxylic acids is 1. The van der Waals surface area contributed by atoms with Gasteiger partial charge in [-0.1, -0.05) is 19.1 Å². The predicted molar refractivity (Wildman–Crippen MR) is 109 cm³/mol. The molecular weight excluding hydrogens is 369 g/mol. The Kier molecular flexibility index (Phi) is 5.72. The average molecular weight is 400 g/mol. The normalized spacial score (nSPS) is 20.7. The fourth-order valence-electron chi connectivity index (χ4n) is 4.42. The Morgan fingerprint density at radius 1 is 1.17 bits per heavy atom. The molecule has 0 radical (unpaired) electrons. The number of halogens is 1. The largest absolute Gasteiger partial charge is 0.445 e. The molecule has 2 aliphatic heterocycles. The number of amides is 1. The SMILES string of the molecule is CN1CCC(C(=O)N2CCC(C)(c3ncc(Cc4ccc(F)cc4)o3)CC2)CC1. The maximum absolute atomic E-state index is 13.1. The van der Waals surface area contributed by atoms with Crippen LogP contribution in [0, 0.1) is 11.7 Å². The summed E-state index contributed by atoms with van der Waals surface area (Å²) in [6, 6.07) is 6.47. The Bertz CT molecular complexity index is 832. The van der Waals surface area contributed by atoms with Crippen molar-refractivity contribution in [3.8, 4) is 0 Å². The van der Waals surface area contributed by atoms with Crippen molar-refractivity contribution in [1.82, 2.24) is 14.8 Å². The van der Waals surface area contributed by atoms with Gasteiger partial charge in [0.05, 0.1) is 6.20 Å². The lowest BCUT2D eigenvalue weighted by atomic mass is 9.79. The number of benzene rings is 1. The second-order valence-electron chi connectivity index (χ2n) is 8.90. The minimum Gasteiger partial charge on any atom is -0.445 e. The quantitative estimate of drug-likeness (QED) is 0.788. The zero-order chi connectivity index (χ0) is 20.4. The van der Waals surface area contributed by atoms with Crippen LogP contribution in [0.1, 0.15) is 49.8 Å². The van der Waals surface area contributed by atoms with Gasteiger partial charge in [0.15, 0.2) is 5.89 Å². The summed E-state index contributed by atoms with van der Waals surface area (Å²) in [5.74, 6) is 1.81. The van der Waals surface area contributed by atoms with E-state index in [2.05, 4.69) is 23.9 Å². The third-order valence-electron chi connectivity index (χ3n) is 6.61. The number of rotatable bonds is 4. The highest BCUT2D eigenvalue weighted by Gasteiger charge is 2.38. The summed E-state index contributed by atoms with van der Waals surface area (Å²) in [4.78, 5) is 21.8. The molecule has 1 amide bonds. The van der Waals surface area contributed by atoms with Crippen LogP contribution in [-0.2, 0) is 16.6 Å². The summed E-state index contributed by atoms with van der Waals surface area (Å²) < 4.78 is 19.2. The first kappa shape index (κ1) is 20.1. The lowest BCUT2D eigenvalue weighted by molar-refractivity contribution is -0.138. The van der Waals surface area contributed by atoms with Crippen LogP contribution in [0.5, 0.6) is 0 Å². The Labute approximate surface area is 171 Å². The summed E-state index contributed by atoms with van der Waals surface area (Å²) in [5.41, 5.74) is 0.850.